The number of carbonyl (C=O) groups is 1. The number of hydrogen-bond acceptors (Lipinski definition) is 4. The Balaban J connectivity index is 1.55. The van der Waals surface area contributed by atoms with E-state index in [9.17, 15) is 4.79 Å². The van der Waals surface area contributed by atoms with Crippen molar-refractivity contribution >= 4 is 5.91 Å². The van der Waals surface area contributed by atoms with E-state index in [2.05, 4.69) is 47.3 Å². The molecular weight excluding hydrogens is 316 g/mol. The van der Waals surface area contributed by atoms with Gasteiger partial charge in [0.15, 0.2) is 5.72 Å². The zero-order valence-corrected chi connectivity index (χ0v) is 15.9. The van der Waals surface area contributed by atoms with E-state index in [0.29, 0.717) is 18.9 Å². The summed E-state index contributed by atoms with van der Waals surface area (Å²) in [5.74, 6) is 0.704. The lowest BCUT2D eigenvalue weighted by Gasteiger charge is -2.34. The first-order valence-corrected chi connectivity index (χ1v) is 9.69. The molecule has 0 bridgehead atoms. The van der Waals surface area contributed by atoms with Crippen molar-refractivity contribution in [3.8, 4) is 0 Å². The Morgan fingerprint density at radius 1 is 1.44 bits per heavy atom. The van der Waals surface area contributed by atoms with Crippen molar-refractivity contribution in [1.82, 2.24) is 19.6 Å². The molecule has 1 aromatic heterocycles. The number of likely N-dealkylation sites (tertiary alicyclic amines) is 1. The van der Waals surface area contributed by atoms with Crippen LogP contribution in [0.4, 0.5) is 0 Å². The smallest absolute Gasteiger partial charge is 0.226 e. The molecule has 0 saturated carbocycles. The largest absolute Gasteiger partial charge is 0.352 e. The summed E-state index contributed by atoms with van der Waals surface area (Å²) < 4.78 is 8.41. The van der Waals surface area contributed by atoms with Gasteiger partial charge in [0.05, 0.1) is 24.9 Å². The molecule has 0 aromatic carbocycles. The van der Waals surface area contributed by atoms with Crippen LogP contribution in [-0.4, -0.2) is 56.4 Å². The van der Waals surface area contributed by atoms with E-state index in [1.54, 1.807) is 0 Å². The van der Waals surface area contributed by atoms with Crippen LogP contribution in [0.3, 0.4) is 0 Å². The lowest BCUT2D eigenvalue weighted by Crippen LogP contribution is -2.50. The molecule has 0 N–H and O–H groups in total. The van der Waals surface area contributed by atoms with Gasteiger partial charge in [-0.15, -0.1) is 0 Å². The normalized spacial score (nSPS) is 32.0. The van der Waals surface area contributed by atoms with Crippen molar-refractivity contribution in [3.63, 3.8) is 0 Å². The maximum atomic E-state index is 12.7. The van der Waals surface area contributed by atoms with Crippen molar-refractivity contribution in [3.05, 3.63) is 17.5 Å². The second kappa shape index (κ2) is 6.09. The number of carbonyl (C=O) groups excluding carboxylic acids is 1. The topological polar surface area (TPSA) is 50.6 Å². The minimum Gasteiger partial charge on any atom is -0.352 e. The molecule has 0 aliphatic carbocycles. The van der Waals surface area contributed by atoms with Gasteiger partial charge in [-0.1, -0.05) is 20.8 Å². The van der Waals surface area contributed by atoms with Crippen LogP contribution < -0.4 is 0 Å². The first kappa shape index (κ1) is 17.0. The standard InChI is InChI=1S/C19H30N4O2/c1-5-7-22-14(4)15(10-20-22)11-21-8-6-19-17(21)9-18(24)23(19)16(12-25-19)13(2)3/h10,13,16-17H,5-9,11-12H2,1-4H3/t16-,17+,19-/m0/s1. The highest BCUT2D eigenvalue weighted by atomic mass is 16.5. The third-order valence-electron chi connectivity index (χ3n) is 6.38. The van der Waals surface area contributed by atoms with Crippen molar-refractivity contribution in [2.45, 2.75) is 77.9 Å². The average molecular weight is 346 g/mol. The molecule has 3 atom stereocenters. The maximum Gasteiger partial charge on any atom is 0.226 e. The quantitative estimate of drug-likeness (QED) is 0.820. The first-order chi connectivity index (χ1) is 12.0. The van der Waals surface area contributed by atoms with Gasteiger partial charge in [-0.05, 0) is 19.3 Å². The number of aryl methyl sites for hydroxylation is 1. The molecule has 3 saturated heterocycles. The van der Waals surface area contributed by atoms with Crippen molar-refractivity contribution in [1.29, 1.82) is 0 Å². The molecule has 4 rings (SSSR count). The van der Waals surface area contributed by atoms with Crippen LogP contribution in [0.15, 0.2) is 6.20 Å². The maximum absolute atomic E-state index is 12.7. The Bertz CT molecular complexity index is 670. The minimum atomic E-state index is -0.376. The lowest BCUT2D eigenvalue weighted by atomic mass is 10.0. The number of aromatic nitrogens is 2. The number of hydrogen-bond donors (Lipinski definition) is 0. The summed E-state index contributed by atoms with van der Waals surface area (Å²) in [4.78, 5) is 17.3. The SMILES string of the molecule is CCCn1ncc(CN2CC[C@@]34OC[C@@H](C(C)C)N3C(=O)C[C@@H]24)c1C. The Hall–Kier alpha value is -1.40. The van der Waals surface area contributed by atoms with Gasteiger partial charge in [-0.2, -0.15) is 5.10 Å². The second-order valence-corrected chi connectivity index (χ2v) is 8.15. The number of nitrogens with zero attached hydrogens (tertiary/aromatic N) is 4. The lowest BCUT2D eigenvalue weighted by molar-refractivity contribution is -0.139. The Kier molecular flexibility index (Phi) is 4.15. The van der Waals surface area contributed by atoms with Gasteiger partial charge >= 0.3 is 0 Å². The van der Waals surface area contributed by atoms with Crippen LogP contribution in [-0.2, 0) is 22.6 Å². The summed E-state index contributed by atoms with van der Waals surface area (Å²) in [6, 6.07) is 0.407. The van der Waals surface area contributed by atoms with Crippen LogP contribution in [0.5, 0.6) is 0 Å². The minimum absolute atomic E-state index is 0.178. The molecule has 1 amide bonds. The third-order valence-corrected chi connectivity index (χ3v) is 6.38. The molecule has 3 aliphatic heterocycles. The molecule has 4 heterocycles. The molecule has 0 radical (unpaired) electrons. The fourth-order valence-corrected chi connectivity index (χ4v) is 4.94. The Morgan fingerprint density at radius 3 is 2.96 bits per heavy atom. The van der Waals surface area contributed by atoms with E-state index in [1.165, 1.54) is 11.3 Å². The average Bonchev–Trinajstić information content (AvgIpc) is 3.27. The van der Waals surface area contributed by atoms with E-state index in [4.69, 9.17) is 4.74 Å². The Morgan fingerprint density at radius 2 is 2.24 bits per heavy atom. The zero-order valence-electron chi connectivity index (χ0n) is 15.9. The van der Waals surface area contributed by atoms with Crippen LogP contribution in [0, 0.1) is 12.8 Å². The second-order valence-electron chi connectivity index (χ2n) is 8.15. The summed E-state index contributed by atoms with van der Waals surface area (Å²) in [7, 11) is 0. The summed E-state index contributed by atoms with van der Waals surface area (Å²) in [5.41, 5.74) is 2.14. The highest BCUT2D eigenvalue weighted by molar-refractivity contribution is 5.82. The summed E-state index contributed by atoms with van der Waals surface area (Å²) >= 11 is 0. The summed E-state index contributed by atoms with van der Waals surface area (Å²) in [5, 5.41) is 4.53. The Labute approximate surface area is 150 Å². The predicted molar refractivity (Wildman–Crippen MR) is 94.8 cm³/mol. The van der Waals surface area contributed by atoms with Gasteiger partial charge in [0.25, 0.3) is 0 Å². The summed E-state index contributed by atoms with van der Waals surface area (Å²) in [6.07, 6.45) is 4.60. The van der Waals surface area contributed by atoms with Gasteiger partial charge in [-0.3, -0.25) is 14.4 Å². The van der Waals surface area contributed by atoms with E-state index in [0.717, 1.165) is 32.5 Å². The van der Waals surface area contributed by atoms with Crippen LogP contribution in [0.2, 0.25) is 0 Å². The first-order valence-electron chi connectivity index (χ1n) is 9.69. The zero-order chi connectivity index (χ0) is 17.8. The van der Waals surface area contributed by atoms with Crippen LogP contribution in [0.25, 0.3) is 0 Å². The van der Waals surface area contributed by atoms with Crippen LogP contribution >= 0.6 is 0 Å². The number of ether oxygens (including phenoxy) is 1. The fourth-order valence-electron chi connectivity index (χ4n) is 4.94. The third kappa shape index (κ3) is 2.45. The highest BCUT2D eigenvalue weighted by Crippen LogP contribution is 2.49. The van der Waals surface area contributed by atoms with Gasteiger partial charge in [0.2, 0.25) is 5.91 Å². The molecule has 138 valence electrons. The monoisotopic (exact) mass is 346 g/mol. The molecule has 6 nitrogen and oxygen atoms in total. The van der Waals surface area contributed by atoms with E-state index in [-0.39, 0.29) is 23.7 Å². The molecule has 3 fully saturated rings. The molecule has 25 heavy (non-hydrogen) atoms. The molecule has 6 heteroatoms. The van der Waals surface area contributed by atoms with E-state index < -0.39 is 0 Å². The fraction of sp³-hybridized carbons (Fsp3) is 0.789. The van der Waals surface area contributed by atoms with Crippen molar-refractivity contribution < 1.29 is 9.53 Å². The van der Waals surface area contributed by atoms with Crippen molar-refractivity contribution in [2.75, 3.05) is 13.2 Å². The van der Waals surface area contributed by atoms with Gasteiger partial charge in [0, 0.05) is 43.7 Å². The predicted octanol–water partition coefficient (Wildman–Crippen LogP) is 2.16. The van der Waals surface area contributed by atoms with Crippen LogP contribution in [0.1, 0.15) is 51.3 Å². The van der Waals surface area contributed by atoms with Gasteiger partial charge in [0.1, 0.15) is 0 Å². The molecule has 1 spiro atoms. The molecule has 1 aromatic rings. The molecular formula is C19H30N4O2. The van der Waals surface area contributed by atoms with Gasteiger partial charge in [-0.25, -0.2) is 0 Å². The van der Waals surface area contributed by atoms with E-state index >= 15 is 0 Å². The highest BCUT2D eigenvalue weighted by Gasteiger charge is 2.64. The number of amides is 1. The summed E-state index contributed by atoms with van der Waals surface area (Å²) in [6.45, 7) is 12.2. The molecule has 0 unspecified atom stereocenters. The molecule has 3 aliphatic rings. The van der Waals surface area contributed by atoms with Gasteiger partial charge < -0.3 is 9.64 Å². The van der Waals surface area contributed by atoms with E-state index in [1.807, 2.05) is 6.20 Å². The number of rotatable bonds is 5. The van der Waals surface area contributed by atoms with Crippen molar-refractivity contribution in [2.24, 2.45) is 5.92 Å².